The average molecular weight is 349 g/mol. The molecule has 0 saturated carbocycles. The van der Waals surface area contributed by atoms with Crippen LogP contribution in [0.1, 0.15) is 40.4 Å². The summed E-state index contributed by atoms with van der Waals surface area (Å²) in [5.41, 5.74) is 4.87. The molecule has 1 aromatic heterocycles. The van der Waals surface area contributed by atoms with E-state index in [9.17, 15) is 4.79 Å². The minimum Gasteiger partial charge on any atom is -0.395 e. The quantitative estimate of drug-likeness (QED) is 0.786. The number of nitrogens with zero attached hydrogens (tertiary/aromatic N) is 3. The van der Waals surface area contributed by atoms with E-state index >= 15 is 0 Å². The van der Waals surface area contributed by atoms with Gasteiger partial charge in [0.2, 0.25) is 0 Å². The molecule has 134 valence electrons. The van der Waals surface area contributed by atoms with Crippen molar-refractivity contribution < 1.29 is 9.90 Å². The summed E-state index contributed by atoms with van der Waals surface area (Å²) in [4.78, 5) is 19.5. The van der Waals surface area contributed by atoms with Crippen LogP contribution in [0.15, 0.2) is 48.8 Å². The Kier molecular flexibility index (Phi) is 4.47. The number of aromatic nitrogens is 2. The van der Waals surface area contributed by atoms with Crippen LogP contribution < -0.4 is 0 Å². The maximum atomic E-state index is 13.2. The minimum atomic E-state index is 0.0642. The number of hydrogen-bond acceptors (Lipinski definition) is 3. The molecule has 1 amide bonds. The molecule has 1 unspecified atom stereocenters. The molecule has 5 nitrogen and oxygen atoms in total. The van der Waals surface area contributed by atoms with Crippen molar-refractivity contribution in [2.45, 2.75) is 32.4 Å². The second-order valence-electron chi connectivity index (χ2n) is 6.88. The number of hydrogen-bond donors (Lipinski definition) is 1. The number of imidazole rings is 1. The maximum Gasteiger partial charge on any atom is 0.254 e. The SMILES string of the molecule is Cc1ccccc1C1CCCN1C(=O)c1ccc2c(c1)ncn2CCO. The van der Waals surface area contributed by atoms with Crippen molar-refractivity contribution in [2.75, 3.05) is 13.2 Å². The zero-order valence-corrected chi connectivity index (χ0v) is 14.9. The summed E-state index contributed by atoms with van der Waals surface area (Å²) in [6.45, 7) is 3.47. The molecule has 0 aliphatic carbocycles. The lowest BCUT2D eigenvalue weighted by molar-refractivity contribution is 0.0735. The average Bonchev–Trinajstić information content (AvgIpc) is 3.29. The number of benzene rings is 2. The van der Waals surface area contributed by atoms with Crippen LogP contribution in [0.2, 0.25) is 0 Å². The van der Waals surface area contributed by atoms with Crippen molar-refractivity contribution in [3.63, 3.8) is 0 Å². The lowest BCUT2D eigenvalue weighted by atomic mass is 9.99. The summed E-state index contributed by atoms with van der Waals surface area (Å²) in [5, 5.41) is 9.13. The Morgan fingerprint density at radius 3 is 2.92 bits per heavy atom. The Morgan fingerprint density at radius 2 is 2.12 bits per heavy atom. The van der Waals surface area contributed by atoms with Crippen LogP contribution >= 0.6 is 0 Å². The van der Waals surface area contributed by atoms with Crippen LogP contribution in [-0.4, -0.2) is 38.6 Å². The number of aliphatic hydroxyl groups excluding tert-OH is 1. The fourth-order valence-corrected chi connectivity index (χ4v) is 3.94. The third kappa shape index (κ3) is 2.88. The molecule has 0 spiro atoms. The zero-order chi connectivity index (χ0) is 18.1. The van der Waals surface area contributed by atoms with Crippen molar-refractivity contribution in [1.82, 2.24) is 14.5 Å². The van der Waals surface area contributed by atoms with Crippen molar-refractivity contribution in [3.8, 4) is 0 Å². The lowest BCUT2D eigenvalue weighted by Crippen LogP contribution is -2.30. The number of amides is 1. The molecule has 1 N–H and O–H groups in total. The van der Waals surface area contributed by atoms with Gasteiger partial charge in [0.05, 0.1) is 30.0 Å². The van der Waals surface area contributed by atoms with Gasteiger partial charge in [-0.15, -0.1) is 0 Å². The molecule has 5 heteroatoms. The Hall–Kier alpha value is -2.66. The van der Waals surface area contributed by atoms with E-state index in [-0.39, 0.29) is 18.6 Å². The molecule has 4 rings (SSSR count). The van der Waals surface area contributed by atoms with Gasteiger partial charge in [-0.3, -0.25) is 4.79 Å². The predicted octanol–water partition coefficient (Wildman–Crippen LogP) is 3.31. The van der Waals surface area contributed by atoms with Gasteiger partial charge >= 0.3 is 0 Å². The monoisotopic (exact) mass is 349 g/mol. The van der Waals surface area contributed by atoms with Crippen LogP contribution in [0.25, 0.3) is 11.0 Å². The first-order valence-corrected chi connectivity index (χ1v) is 9.11. The van der Waals surface area contributed by atoms with Gasteiger partial charge in [0, 0.05) is 18.7 Å². The molecule has 0 bridgehead atoms. The van der Waals surface area contributed by atoms with E-state index in [1.54, 1.807) is 6.33 Å². The molecule has 1 fully saturated rings. The summed E-state index contributed by atoms with van der Waals surface area (Å²) in [6.07, 6.45) is 3.74. The predicted molar refractivity (Wildman–Crippen MR) is 101 cm³/mol. The second kappa shape index (κ2) is 6.92. The molecule has 26 heavy (non-hydrogen) atoms. The van der Waals surface area contributed by atoms with Gasteiger partial charge in [0.15, 0.2) is 0 Å². The van der Waals surface area contributed by atoms with E-state index in [2.05, 4.69) is 24.0 Å². The highest BCUT2D eigenvalue weighted by atomic mass is 16.3. The normalized spacial score (nSPS) is 17.2. The summed E-state index contributed by atoms with van der Waals surface area (Å²) in [7, 11) is 0. The fraction of sp³-hybridized carbons (Fsp3) is 0.333. The summed E-state index contributed by atoms with van der Waals surface area (Å²) >= 11 is 0. The number of carbonyl (C=O) groups is 1. The number of aliphatic hydroxyl groups is 1. The molecule has 1 aliphatic heterocycles. The van der Waals surface area contributed by atoms with Crippen LogP contribution in [-0.2, 0) is 6.54 Å². The van der Waals surface area contributed by atoms with E-state index in [1.165, 1.54) is 11.1 Å². The molecule has 2 heterocycles. The molecule has 2 aromatic carbocycles. The first-order chi connectivity index (χ1) is 12.7. The minimum absolute atomic E-state index is 0.0642. The van der Waals surface area contributed by atoms with E-state index in [1.807, 2.05) is 39.8 Å². The molecule has 1 saturated heterocycles. The van der Waals surface area contributed by atoms with Gasteiger partial charge in [-0.05, 0) is 49.1 Å². The van der Waals surface area contributed by atoms with E-state index < -0.39 is 0 Å². The number of carbonyl (C=O) groups excluding carboxylic acids is 1. The number of aryl methyl sites for hydroxylation is 1. The summed E-state index contributed by atoms with van der Waals surface area (Å²) in [5.74, 6) is 0.0642. The molecule has 1 aliphatic rings. The largest absolute Gasteiger partial charge is 0.395 e. The third-order valence-electron chi connectivity index (χ3n) is 5.27. The van der Waals surface area contributed by atoms with Crippen LogP contribution in [0.5, 0.6) is 0 Å². The summed E-state index contributed by atoms with van der Waals surface area (Å²) in [6, 6.07) is 14.1. The summed E-state index contributed by atoms with van der Waals surface area (Å²) < 4.78 is 1.90. The molecule has 3 aromatic rings. The fourth-order valence-electron chi connectivity index (χ4n) is 3.94. The molecule has 1 atom stereocenters. The molecule has 0 radical (unpaired) electrons. The standard InChI is InChI=1S/C21H23N3O2/c1-15-5-2-3-6-17(15)19-7-4-10-24(19)21(26)16-8-9-20-18(13-16)22-14-23(20)11-12-25/h2-3,5-6,8-9,13-14,19,25H,4,7,10-12H2,1H3. The smallest absolute Gasteiger partial charge is 0.254 e. The Labute approximate surface area is 152 Å². The third-order valence-corrected chi connectivity index (χ3v) is 5.27. The zero-order valence-electron chi connectivity index (χ0n) is 14.9. The first kappa shape index (κ1) is 16.8. The van der Waals surface area contributed by atoms with Gasteiger partial charge in [-0.25, -0.2) is 4.98 Å². The topological polar surface area (TPSA) is 58.4 Å². The highest BCUT2D eigenvalue weighted by Crippen LogP contribution is 2.34. The molecular formula is C21H23N3O2. The first-order valence-electron chi connectivity index (χ1n) is 9.11. The van der Waals surface area contributed by atoms with Gasteiger partial charge in [0.1, 0.15) is 0 Å². The van der Waals surface area contributed by atoms with Crippen molar-refractivity contribution in [2.24, 2.45) is 0 Å². The Morgan fingerprint density at radius 1 is 1.27 bits per heavy atom. The van der Waals surface area contributed by atoms with Crippen LogP contribution in [0.4, 0.5) is 0 Å². The molecular weight excluding hydrogens is 326 g/mol. The van der Waals surface area contributed by atoms with E-state index in [0.29, 0.717) is 12.1 Å². The van der Waals surface area contributed by atoms with E-state index in [0.717, 1.165) is 30.4 Å². The van der Waals surface area contributed by atoms with Gasteiger partial charge < -0.3 is 14.6 Å². The van der Waals surface area contributed by atoms with Crippen LogP contribution in [0.3, 0.4) is 0 Å². The number of likely N-dealkylation sites (tertiary alicyclic amines) is 1. The number of rotatable bonds is 4. The lowest BCUT2D eigenvalue weighted by Gasteiger charge is -2.26. The van der Waals surface area contributed by atoms with E-state index in [4.69, 9.17) is 5.11 Å². The van der Waals surface area contributed by atoms with Crippen LogP contribution in [0, 0.1) is 6.92 Å². The Balaban J connectivity index is 1.64. The van der Waals surface area contributed by atoms with Crippen molar-refractivity contribution in [1.29, 1.82) is 0 Å². The Bertz CT molecular complexity index is 947. The van der Waals surface area contributed by atoms with Crippen molar-refractivity contribution >= 4 is 16.9 Å². The van der Waals surface area contributed by atoms with Gasteiger partial charge in [-0.1, -0.05) is 24.3 Å². The van der Waals surface area contributed by atoms with Gasteiger partial charge in [-0.2, -0.15) is 0 Å². The maximum absolute atomic E-state index is 13.2. The highest BCUT2D eigenvalue weighted by Gasteiger charge is 2.31. The van der Waals surface area contributed by atoms with Gasteiger partial charge in [0.25, 0.3) is 5.91 Å². The number of fused-ring (bicyclic) bond motifs is 1. The van der Waals surface area contributed by atoms with Crippen molar-refractivity contribution in [3.05, 3.63) is 65.5 Å². The highest BCUT2D eigenvalue weighted by molar-refractivity contribution is 5.97. The second-order valence-corrected chi connectivity index (χ2v) is 6.88.